The molecule has 4 rings (SSSR count). The minimum absolute atomic E-state index is 0.00588. The monoisotopic (exact) mass is 368 g/mol. The van der Waals surface area contributed by atoms with Gasteiger partial charge < -0.3 is 15.4 Å². The zero-order valence-electron chi connectivity index (χ0n) is 15.7. The maximum Gasteiger partial charge on any atom is 0.252 e. The van der Waals surface area contributed by atoms with Crippen LogP contribution >= 0.6 is 0 Å². The van der Waals surface area contributed by atoms with Crippen molar-refractivity contribution >= 4 is 11.6 Å². The van der Waals surface area contributed by atoms with Crippen LogP contribution in [-0.4, -0.2) is 34.9 Å². The maximum atomic E-state index is 13.2. The topological polar surface area (TPSA) is 68.2 Å². The second-order valence-corrected chi connectivity index (χ2v) is 7.59. The number of nitrogens with zero attached hydrogens (tertiary/aromatic N) is 2. The van der Waals surface area contributed by atoms with E-state index in [-0.39, 0.29) is 5.91 Å². The van der Waals surface area contributed by atoms with Crippen LogP contribution in [0.15, 0.2) is 42.7 Å². The van der Waals surface area contributed by atoms with E-state index in [9.17, 15) is 4.79 Å². The highest BCUT2D eigenvalue weighted by Gasteiger charge is 2.42. The largest absolute Gasteiger partial charge is 0.490 e. The molecule has 0 atom stereocenters. The van der Waals surface area contributed by atoms with Crippen molar-refractivity contribution in [3.63, 3.8) is 0 Å². The van der Waals surface area contributed by atoms with E-state index in [4.69, 9.17) is 4.74 Å². The number of nitrogens with one attached hydrogen (secondary N) is 2. The molecule has 1 aromatic heterocycles. The molecule has 0 unspecified atom stereocenters. The molecule has 1 saturated heterocycles. The van der Waals surface area contributed by atoms with E-state index in [0.717, 1.165) is 50.2 Å². The summed E-state index contributed by atoms with van der Waals surface area (Å²) in [5.41, 5.74) is 0.160. The standard InChI is InChI=1S/C21H28N4O2/c26-20(21(11-14-22-15-12-21)25-16-4-13-23-25)24-17-7-9-19(10-8-17)27-18-5-2-1-3-6-18/h4,7-10,13,16,18,22H,1-3,5-6,11-12,14-15H2,(H,24,26). The number of amides is 1. The van der Waals surface area contributed by atoms with Crippen molar-refractivity contribution in [3.05, 3.63) is 42.7 Å². The Balaban J connectivity index is 1.43. The molecule has 144 valence electrons. The van der Waals surface area contributed by atoms with E-state index in [1.165, 1.54) is 19.3 Å². The van der Waals surface area contributed by atoms with Gasteiger partial charge in [-0.05, 0) is 81.9 Å². The molecule has 2 N–H and O–H groups in total. The van der Waals surface area contributed by atoms with Crippen LogP contribution in [0.1, 0.15) is 44.9 Å². The SMILES string of the molecule is O=C(Nc1ccc(OC2CCCCC2)cc1)C1(n2cccn2)CCNCC1. The predicted octanol–water partition coefficient (Wildman–Crippen LogP) is 3.31. The smallest absolute Gasteiger partial charge is 0.252 e. The Labute approximate surface area is 160 Å². The van der Waals surface area contributed by atoms with Gasteiger partial charge in [-0.1, -0.05) is 6.42 Å². The number of carbonyl (C=O) groups excluding carboxylic acids is 1. The summed E-state index contributed by atoms with van der Waals surface area (Å²) >= 11 is 0. The van der Waals surface area contributed by atoms with Gasteiger partial charge in [-0.2, -0.15) is 5.10 Å². The predicted molar refractivity (Wildman–Crippen MR) is 105 cm³/mol. The lowest BCUT2D eigenvalue weighted by Gasteiger charge is -2.36. The van der Waals surface area contributed by atoms with Crippen molar-refractivity contribution in [3.8, 4) is 5.75 Å². The Morgan fingerprint density at radius 2 is 1.89 bits per heavy atom. The average Bonchev–Trinajstić information content (AvgIpc) is 3.26. The second-order valence-electron chi connectivity index (χ2n) is 7.59. The van der Waals surface area contributed by atoms with Gasteiger partial charge in [0.15, 0.2) is 0 Å². The minimum Gasteiger partial charge on any atom is -0.490 e. The van der Waals surface area contributed by atoms with Crippen LogP contribution in [0.3, 0.4) is 0 Å². The summed E-state index contributed by atoms with van der Waals surface area (Å²) < 4.78 is 7.88. The molecule has 6 heteroatoms. The first kappa shape index (κ1) is 18.0. The van der Waals surface area contributed by atoms with Crippen LogP contribution in [0.25, 0.3) is 0 Å². The highest BCUT2D eigenvalue weighted by molar-refractivity contribution is 5.96. The summed E-state index contributed by atoms with van der Waals surface area (Å²) in [5.74, 6) is 0.872. The van der Waals surface area contributed by atoms with Crippen LogP contribution in [0.5, 0.6) is 5.75 Å². The number of anilines is 1. The molecule has 1 aromatic carbocycles. The van der Waals surface area contributed by atoms with E-state index in [0.29, 0.717) is 6.10 Å². The van der Waals surface area contributed by atoms with E-state index in [1.807, 2.05) is 41.2 Å². The first-order chi connectivity index (χ1) is 13.3. The molecule has 6 nitrogen and oxygen atoms in total. The van der Waals surface area contributed by atoms with Crippen molar-refractivity contribution < 1.29 is 9.53 Å². The van der Waals surface area contributed by atoms with Crippen LogP contribution in [0.4, 0.5) is 5.69 Å². The third-order valence-electron chi connectivity index (χ3n) is 5.76. The summed E-state index contributed by atoms with van der Waals surface area (Å²) in [6.45, 7) is 1.61. The minimum atomic E-state index is -0.633. The first-order valence-corrected chi connectivity index (χ1v) is 10.1. The van der Waals surface area contributed by atoms with Crippen LogP contribution in [0.2, 0.25) is 0 Å². The summed E-state index contributed by atoms with van der Waals surface area (Å²) in [7, 11) is 0. The van der Waals surface area contributed by atoms with E-state index in [1.54, 1.807) is 6.20 Å². The number of rotatable bonds is 5. The van der Waals surface area contributed by atoms with Gasteiger partial charge in [-0.3, -0.25) is 9.48 Å². The Morgan fingerprint density at radius 1 is 1.15 bits per heavy atom. The van der Waals surface area contributed by atoms with Gasteiger partial charge in [0.2, 0.25) is 0 Å². The number of piperidine rings is 1. The molecule has 2 aliphatic rings. The van der Waals surface area contributed by atoms with Crippen molar-refractivity contribution in [1.29, 1.82) is 0 Å². The summed E-state index contributed by atoms with van der Waals surface area (Å²) in [6.07, 6.45) is 11.5. The molecule has 0 spiro atoms. The van der Waals surface area contributed by atoms with Gasteiger partial charge in [-0.25, -0.2) is 0 Å². The lowest BCUT2D eigenvalue weighted by molar-refractivity contribution is -0.126. The fraction of sp³-hybridized carbons (Fsp3) is 0.524. The van der Waals surface area contributed by atoms with Crippen molar-refractivity contribution in [2.24, 2.45) is 0 Å². The number of ether oxygens (including phenoxy) is 1. The zero-order valence-corrected chi connectivity index (χ0v) is 15.7. The third-order valence-corrected chi connectivity index (χ3v) is 5.76. The van der Waals surface area contributed by atoms with Gasteiger partial charge in [0, 0.05) is 18.1 Å². The molecule has 1 aliphatic carbocycles. The van der Waals surface area contributed by atoms with Gasteiger partial charge in [0.05, 0.1) is 6.10 Å². The van der Waals surface area contributed by atoms with Crippen molar-refractivity contribution in [2.45, 2.75) is 56.6 Å². The van der Waals surface area contributed by atoms with E-state index >= 15 is 0 Å². The van der Waals surface area contributed by atoms with Crippen LogP contribution in [0, 0.1) is 0 Å². The summed E-state index contributed by atoms with van der Waals surface area (Å²) in [5, 5.41) is 10.8. The lowest BCUT2D eigenvalue weighted by atomic mass is 9.87. The van der Waals surface area contributed by atoms with Gasteiger partial charge >= 0.3 is 0 Å². The first-order valence-electron chi connectivity index (χ1n) is 10.1. The number of aromatic nitrogens is 2. The number of hydrogen-bond acceptors (Lipinski definition) is 4. The molecule has 2 heterocycles. The molecule has 1 amide bonds. The lowest BCUT2D eigenvalue weighted by Crippen LogP contribution is -2.52. The Hall–Kier alpha value is -2.34. The van der Waals surface area contributed by atoms with E-state index < -0.39 is 5.54 Å². The molecule has 1 saturated carbocycles. The van der Waals surface area contributed by atoms with Crippen LogP contribution < -0.4 is 15.4 Å². The molecular formula is C21H28N4O2. The second kappa shape index (κ2) is 8.13. The quantitative estimate of drug-likeness (QED) is 0.850. The van der Waals surface area contributed by atoms with Crippen molar-refractivity contribution in [2.75, 3.05) is 18.4 Å². The number of benzene rings is 1. The molecule has 1 aliphatic heterocycles. The highest BCUT2D eigenvalue weighted by Crippen LogP contribution is 2.29. The fourth-order valence-electron chi connectivity index (χ4n) is 4.16. The number of hydrogen-bond donors (Lipinski definition) is 2. The molecule has 27 heavy (non-hydrogen) atoms. The normalized spacial score (nSPS) is 20.1. The van der Waals surface area contributed by atoms with E-state index in [2.05, 4.69) is 15.7 Å². The van der Waals surface area contributed by atoms with Crippen LogP contribution in [-0.2, 0) is 10.3 Å². The summed E-state index contributed by atoms with van der Waals surface area (Å²) in [4.78, 5) is 13.2. The molecular weight excluding hydrogens is 340 g/mol. The molecule has 2 aromatic rings. The Morgan fingerprint density at radius 3 is 2.56 bits per heavy atom. The van der Waals surface area contributed by atoms with Gasteiger partial charge in [0.25, 0.3) is 5.91 Å². The zero-order chi connectivity index (χ0) is 18.5. The fourth-order valence-corrected chi connectivity index (χ4v) is 4.16. The summed E-state index contributed by atoms with van der Waals surface area (Å²) in [6, 6.07) is 9.62. The van der Waals surface area contributed by atoms with Gasteiger partial charge in [0.1, 0.15) is 11.3 Å². The Bertz CT molecular complexity index is 730. The molecule has 0 bridgehead atoms. The Kier molecular flexibility index (Phi) is 5.43. The molecule has 0 radical (unpaired) electrons. The number of carbonyl (C=O) groups is 1. The molecule has 2 fully saturated rings. The van der Waals surface area contributed by atoms with Crippen molar-refractivity contribution in [1.82, 2.24) is 15.1 Å². The average molecular weight is 368 g/mol. The maximum absolute atomic E-state index is 13.2. The third kappa shape index (κ3) is 4.00. The highest BCUT2D eigenvalue weighted by atomic mass is 16.5. The van der Waals surface area contributed by atoms with Gasteiger partial charge in [-0.15, -0.1) is 0 Å².